The van der Waals surface area contributed by atoms with Gasteiger partial charge < -0.3 is 10.2 Å². The lowest BCUT2D eigenvalue weighted by Gasteiger charge is -2.33. The number of nitrogens with one attached hydrogen (secondary N) is 1. The van der Waals surface area contributed by atoms with E-state index in [-0.39, 0.29) is 11.8 Å². The van der Waals surface area contributed by atoms with E-state index in [9.17, 15) is 4.79 Å². The SMILES string of the molecule is Cc1ccc(C(C(=O)N2CCNCC2)C(C)C)c(C)c1. The van der Waals surface area contributed by atoms with Gasteiger partial charge in [-0.05, 0) is 30.9 Å². The van der Waals surface area contributed by atoms with Crippen LogP contribution < -0.4 is 5.32 Å². The van der Waals surface area contributed by atoms with E-state index < -0.39 is 0 Å². The average molecular weight is 274 g/mol. The predicted molar refractivity (Wildman–Crippen MR) is 82.9 cm³/mol. The number of rotatable bonds is 3. The summed E-state index contributed by atoms with van der Waals surface area (Å²) in [5, 5.41) is 3.30. The molecule has 0 aliphatic carbocycles. The predicted octanol–water partition coefficient (Wildman–Crippen LogP) is 2.47. The van der Waals surface area contributed by atoms with Crippen molar-refractivity contribution in [3.8, 4) is 0 Å². The maximum Gasteiger partial charge on any atom is 0.230 e. The maximum absolute atomic E-state index is 12.9. The molecule has 0 radical (unpaired) electrons. The summed E-state index contributed by atoms with van der Waals surface area (Å²) in [5.74, 6) is 0.584. The Morgan fingerprint density at radius 3 is 2.40 bits per heavy atom. The molecule has 1 fully saturated rings. The molecular weight excluding hydrogens is 248 g/mol. The highest BCUT2D eigenvalue weighted by Gasteiger charge is 2.30. The molecule has 0 aromatic heterocycles. The molecule has 1 atom stereocenters. The lowest BCUT2D eigenvalue weighted by molar-refractivity contribution is -0.134. The van der Waals surface area contributed by atoms with Crippen molar-refractivity contribution in [3.63, 3.8) is 0 Å². The van der Waals surface area contributed by atoms with Gasteiger partial charge in [0.1, 0.15) is 0 Å². The average Bonchev–Trinajstić information content (AvgIpc) is 2.42. The zero-order valence-corrected chi connectivity index (χ0v) is 13.1. The van der Waals surface area contributed by atoms with Gasteiger partial charge in [-0.1, -0.05) is 37.6 Å². The number of carbonyl (C=O) groups excluding carboxylic acids is 1. The molecule has 1 aliphatic heterocycles. The smallest absolute Gasteiger partial charge is 0.230 e. The van der Waals surface area contributed by atoms with E-state index >= 15 is 0 Å². The second-order valence-corrected chi connectivity index (χ2v) is 6.16. The summed E-state index contributed by atoms with van der Waals surface area (Å²) < 4.78 is 0. The van der Waals surface area contributed by atoms with Gasteiger partial charge in [0, 0.05) is 26.2 Å². The molecule has 1 unspecified atom stereocenters. The summed E-state index contributed by atoms with van der Waals surface area (Å²) >= 11 is 0. The Bertz CT molecular complexity index is 476. The molecule has 0 spiro atoms. The summed E-state index contributed by atoms with van der Waals surface area (Å²) in [6.07, 6.45) is 0. The van der Waals surface area contributed by atoms with Gasteiger partial charge in [-0.3, -0.25) is 4.79 Å². The van der Waals surface area contributed by atoms with Gasteiger partial charge in [0.15, 0.2) is 0 Å². The number of hydrogen-bond donors (Lipinski definition) is 1. The van der Waals surface area contributed by atoms with Crippen LogP contribution in [-0.2, 0) is 4.79 Å². The molecule has 2 rings (SSSR count). The molecule has 1 heterocycles. The van der Waals surface area contributed by atoms with Gasteiger partial charge in [-0.2, -0.15) is 0 Å². The van der Waals surface area contributed by atoms with Crippen molar-refractivity contribution >= 4 is 5.91 Å². The van der Waals surface area contributed by atoms with Crippen LogP contribution in [0, 0.1) is 19.8 Å². The molecule has 1 aromatic carbocycles. The van der Waals surface area contributed by atoms with Crippen molar-refractivity contribution in [1.82, 2.24) is 10.2 Å². The number of benzene rings is 1. The number of hydrogen-bond acceptors (Lipinski definition) is 2. The van der Waals surface area contributed by atoms with E-state index in [0.29, 0.717) is 5.92 Å². The largest absolute Gasteiger partial charge is 0.340 e. The normalized spacial score (nSPS) is 17.4. The van der Waals surface area contributed by atoms with Crippen LogP contribution in [0.2, 0.25) is 0 Å². The second-order valence-electron chi connectivity index (χ2n) is 6.16. The van der Waals surface area contributed by atoms with Crippen molar-refractivity contribution in [3.05, 3.63) is 34.9 Å². The molecule has 3 nitrogen and oxygen atoms in total. The third-order valence-electron chi connectivity index (χ3n) is 4.12. The molecule has 1 N–H and O–H groups in total. The molecule has 0 bridgehead atoms. The van der Waals surface area contributed by atoms with Gasteiger partial charge in [0.2, 0.25) is 5.91 Å². The summed E-state index contributed by atoms with van der Waals surface area (Å²) in [6.45, 7) is 12.0. The Labute approximate surface area is 122 Å². The molecular formula is C17H26N2O. The quantitative estimate of drug-likeness (QED) is 0.918. The topological polar surface area (TPSA) is 32.3 Å². The molecule has 1 aromatic rings. The lowest BCUT2D eigenvalue weighted by atomic mass is 9.84. The van der Waals surface area contributed by atoms with E-state index in [4.69, 9.17) is 0 Å². The van der Waals surface area contributed by atoms with Crippen molar-refractivity contribution in [2.24, 2.45) is 5.92 Å². The molecule has 20 heavy (non-hydrogen) atoms. The number of aryl methyl sites for hydroxylation is 2. The van der Waals surface area contributed by atoms with E-state index in [1.165, 1.54) is 16.7 Å². The summed E-state index contributed by atoms with van der Waals surface area (Å²) in [6, 6.07) is 6.42. The summed E-state index contributed by atoms with van der Waals surface area (Å²) in [4.78, 5) is 14.9. The third kappa shape index (κ3) is 3.21. The van der Waals surface area contributed by atoms with Crippen LogP contribution in [0.1, 0.15) is 36.5 Å². The van der Waals surface area contributed by atoms with Crippen molar-refractivity contribution in [2.75, 3.05) is 26.2 Å². The Kier molecular flexibility index (Phi) is 4.81. The monoisotopic (exact) mass is 274 g/mol. The number of carbonyl (C=O) groups is 1. The minimum Gasteiger partial charge on any atom is -0.340 e. The van der Waals surface area contributed by atoms with Gasteiger partial charge in [-0.15, -0.1) is 0 Å². The number of nitrogens with zero attached hydrogens (tertiary/aromatic N) is 1. The first-order chi connectivity index (χ1) is 9.50. The molecule has 1 amide bonds. The maximum atomic E-state index is 12.9. The van der Waals surface area contributed by atoms with Crippen molar-refractivity contribution in [1.29, 1.82) is 0 Å². The second kappa shape index (κ2) is 6.40. The first-order valence-corrected chi connectivity index (χ1v) is 7.57. The molecule has 1 aliphatic rings. The molecule has 0 saturated carbocycles. The first kappa shape index (κ1) is 15.0. The van der Waals surface area contributed by atoms with Crippen molar-refractivity contribution < 1.29 is 4.79 Å². The Hall–Kier alpha value is -1.35. The Morgan fingerprint density at radius 1 is 1.20 bits per heavy atom. The Balaban J connectivity index is 2.28. The fourth-order valence-electron chi connectivity index (χ4n) is 3.03. The fourth-order valence-corrected chi connectivity index (χ4v) is 3.03. The van der Waals surface area contributed by atoms with Crippen LogP contribution in [0.5, 0.6) is 0 Å². The first-order valence-electron chi connectivity index (χ1n) is 7.57. The summed E-state index contributed by atoms with van der Waals surface area (Å²) in [7, 11) is 0. The highest BCUT2D eigenvalue weighted by atomic mass is 16.2. The Morgan fingerprint density at radius 2 is 1.85 bits per heavy atom. The van der Waals surface area contributed by atoms with E-state index in [1.54, 1.807) is 0 Å². The zero-order chi connectivity index (χ0) is 14.7. The van der Waals surface area contributed by atoms with Gasteiger partial charge >= 0.3 is 0 Å². The van der Waals surface area contributed by atoms with Gasteiger partial charge in [0.05, 0.1) is 5.92 Å². The standard InChI is InChI=1S/C17H26N2O/c1-12(2)16(15-6-5-13(3)11-14(15)4)17(20)19-9-7-18-8-10-19/h5-6,11-12,16,18H,7-10H2,1-4H3. The fraction of sp³-hybridized carbons (Fsp3) is 0.588. The van der Waals surface area contributed by atoms with Crippen LogP contribution in [0.25, 0.3) is 0 Å². The van der Waals surface area contributed by atoms with E-state index in [1.807, 2.05) is 4.90 Å². The zero-order valence-electron chi connectivity index (χ0n) is 13.1. The number of amides is 1. The van der Waals surface area contributed by atoms with Crippen LogP contribution in [0.4, 0.5) is 0 Å². The van der Waals surface area contributed by atoms with E-state index in [2.05, 4.69) is 51.2 Å². The molecule has 3 heteroatoms. The number of piperazine rings is 1. The highest BCUT2D eigenvalue weighted by molar-refractivity contribution is 5.84. The minimum atomic E-state index is -0.0197. The minimum absolute atomic E-state index is 0.0197. The highest BCUT2D eigenvalue weighted by Crippen LogP contribution is 2.30. The lowest BCUT2D eigenvalue weighted by Crippen LogP contribution is -2.48. The summed E-state index contributed by atoms with van der Waals surface area (Å²) in [5.41, 5.74) is 3.67. The van der Waals surface area contributed by atoms with Crippen LogP contribution in [0.15, 0.2) is 18.2 Å². The van der Waals surface area contributed by atoms with E-state index in [0.717, 1.165) is 26.2 Å². The molecule has 110 valence electrons. The molecule has 1 saturated heterocycles. The van der Waals surface area contributed by atoms with Crippen LogP contribution >= 0.6 is 0 Å². The van der Waals surface area contributed by atoms with Crippen LogP contribution in [0.3, 0.4) is 0 Å². The van der Waals surface area contributed by atoms with Crippen LogP contribution in [-0.4, -0.2) is 37.0 Å². The third-order valence-corrected chi connectivity index (χ3v) is 4.12. The van der Waals surface area contributed by atoms with Gasteiger partial charge in [0.25, 0.3) is 0 Å². The van der Waals surface area contributed by atoms with Crippen molar-refractivity contribution in [2.45, 2.75) is 33.6 Å². The van der Waals surface area contributed by atoms with Gasteiger partial charge in [-0.25, -0.2) is 0 Å².